The van der Waals surface area contributed by atoms with Crippen molar-refractivity contribution >= 4 is 47.0 Å². The largest absolute Gasteiger partial charge is 0.367 e. The summed E-state index contributed by atoms with van der Waals surface area (Å²) in [5.74, 6) is 1.64. The van der Waals surface area contributed by atoms with Crippen LogP contribution in [0.3, 0.4) is 0 Å². The molecule has 1 atom stereocenters. The first-order valence-corrected chi connectivity index (χ1v) is 7.61. The SMILES string of the molecule is Cc1csc(C2CN(C3=NN4NNN=C4C=C3)CCO2)n1.I. The van der Waals surface area contributed by atoms with E-state index in [4.69, 9.17) is 4.74 Å². The molecule has 1 aromatic heterocycles. The molecular formula is C12H16IN7OS. The number of thiazole rings is 1. The first-order valence-electron chi connectivity index (χ1n) is 6.73. The number of hydrogen-bond acceptors (Lipinski definition) is 9. The van der Waals surface area contributed by atoms with Gasteiger partial charge in [-0.1, -0.05) is 0 Å². The Labute approximate surface area is 148 Å². The lowest BCUT2D eigenvalue weighted by Crippen LogP contribution is -2.46. The van der Waals surface area contributed by atoms with Gasteiger partial charge in [-0.05, 0) is 19.1 Å². The van der Waals surface area contributed by atoms with Crippen molar-refractivity contribution in [1.29, 1.82) is 0 Å². The predicted octanol–water partition coefficient (Wildman–Crippen LogP) is 0.964. The van der Waals surface area contributed by atoms with Crippen LogP contribution in [0.15, 0.2) is 27.7 Å². The summed E-state index contributed by atoms with van der Waals surface area (Å²) < 4.78 is 5.85. The number of aryl methyl sites for hydroxylation is 1. The highest BCUT2D eigenvalue weighted by atomic mass is 127. The van der Waals surface area contributed by atoms with Crippen molar-refractivity contribution in [2.45, 2.75) is 13.0 Å². The van der Waals surface area contributed by atoms with Gasteiger partial charge in [-0.2, -0.15) is 5.12 Å². The van der Waals surface area contributed by atoms with Gasteiger partial charge in [0.25, 0.3) is 0 Å². The van der Waals surface area contributed by atoms with E-state index in [-0.39, 0.29) is 30.1 Å². The molecule has 8 nitrogen and oxygen atoms in total. The predicted molar refractivity (Wildman–Crippen MR) is 94.7 cm³/mol. The number of hydrazine groups is 2. The summed E-state index contributed by atoms with van der Waals surface area (Å²) >= 11 is 1.65. The Morgan fingerprint density at radius 3 is 3.05 bits per heavy atom. The molecule has 118 valence electrons. The van der Waals surface area contributed by atoms with Gasteiger partial charge in [-0.25, -0.2) is 10.5 Å². The van der Waals surface area contributed by atoms with E-state index >= 15 is 0 Å². The third-order valence-corrected chi connectivity index (χ3v) is 4.48. The number of hydrogen-bond donors (Lipinski definition) is 2. The highest BCUT2D eigenvalue weighted by molar-refractivity contribution is 14.0. The second-order valence-electron chi connectivity index (χ2n) is 4.93. The van der Waals surface area contributed by atoms with E-state index in [1.807, 2.05) is 19.1 Å². The van der Waals surface area contributed by atoms with Crippen molar-refractivity contribution in [2.75, 3.05) is 19.7 Å². The number of amidine groups is 2. The summed E-state index contributed by atoms with van der Waals surface area (Å²) in [6.45, 7) is 4.24. The van der Waals surface area contributed by atoms with Crippen LogP contribution in [0.2, 0.25) is 0 Å². The van der Waals surface area contributed by atoms with E-state index in [0.717, 1.165) is 35.5 Å². The maximum absolute atomic E-state index is 5.85. The van der Waals surface area contributed by atoms with E-state index in [1.165, 1.54) is 0 Å². The number of aromatic nitrogens is 1. The van der Waals surface area contributed by atoms with Crippen LogP contribution in [0.1, 0.15) is 16.8 Å². The Balaban J connectivity index is 0.00000144. The minimum atomic E-state index is 0. The van der Waals surface area contributed by atoms with Gasteiger partial charge in [0.05, 0.1) is 13.2 Å². The number of rotatable bonds is 1. The van der Waals surface area contributed by atoms with Crippen molar-refractivity contribution in [3.8, 4) is 0 Å². The zero-order valence-corrected chi connectivity index (χ0v) is 15.0. The molecule has 3 aliphatic rings. The van der Waals surface area contributed by atoms with Crippen molar-refractivity contribution in [1.82, 2.24) is 26.1 Å². The highest BCUT2D eigenvalue weighted by Gasteiger charge is 2.28. The highest BCUT2D eigenvalue weighted by Crippen LogP contribution is 2.25. The van der Waals surface area contributed by atoms with Crippen molar-refractivity contribution in [3.63, 3.8) is 0 Å². The van der Waals surface area contributed by atoms with Crippen LogP contribution in [0, 0.1) is 6.92 Å². The fraction of sp³-hybridized carbons (Fsp3) is 0.417. The summed E-state index contributed by atoms with van der Waals surface area (Å²) in [5, 5.41) is 13.3. The van der Waals surface area contributed by atoms with Gasteiger partial charge in [-0.15, -0.1) is 51.1 Å². The van der Waals surface area contributed by atoms with Crippen LogP contribution in [0.5, 0.6) is 0 Å². The number of hydrazone groups is 2. The van der Waals surface area contributed by atoms with Crippen LogP contribution >= 0.6 is 35.3 Å². The van der Waals surface area contributed by atoms with E-state index < -0.39 is 0 Å². The molecule has 0 spiro atoms. The van der Waals surface area contributed by atoms with Gasteiger partial charge in [0.2, 0.25) is 0 Å². The summed E-state index contributed by atoms with van der Waals surface area (Å²) in [7, 11) is 0. The maximum Gasteiger partial charge on any atom is 0.189 e. The average molecular weight is 433 g/mol. The first kappa shape index (κ1) is 15.6. The third-order valence-electron chi connectivity index (χ3n) is 3.43. The lowest BCUT2D eigenvalue weighted by atomic mass is 10.2. The topological polar surface area (TPSA) is 77.4 Å². The fourth-order valence-corrected chi connectivity index (χ4v) is 3.23. The molecule has 0 aliphatic carbocycles. The van der Waals surface area contributed by atoms with Gasteiger partial charge >= 0.3 is 0 Å². The third kappa shape index (κ3) is 2.95. The second kappa shape index (κ2) is 6.48. The zero-order valence-electron chi connectivity index (χ0n) is 11.9. The molecular weight excluding hydrogens is 417 g/mol. The molecule has 1 aromatic rings. The number of fused-ring (bicyclic) bond motifs is 1. The fourth-order valence-electron chi connectivity index (χ4n) is 2.40. The maximum atomic E-state index is 5.85. The van der Waals surface area contributed by atoms with Gasteiger partial charge in [0.1, 0.15) is 11.1 Å². The van der Waals surface area contributed by atoms with Crippen LogP contribution in [-0.2, 0) is 4.74 Å². The van der Waals surface area contributed by atoms with E-state index in [1.54, 1.807) is 16.5 Å². The molecule has 4 heterocycles. The molecule has 1 fully saturated rings. The number of ether oxygens (including phenoxy) is 1. The molecule has 0 radical (unpaired) electrons. The van der Waals surface area contributed by atoms with Crippen molar-refractivity contribution < 1.29 is 4.74 Å². The number of nitrogens with one attached hydrogen (secondary N) is 2. The smallest absolute Gasteiger partial charge is 0.189 e. The lowest BCUT2D eigenvalue weighted by molar-refractivity contribution is -0.00726. The molecule has 3 aliphatic heterocycles. The minimum absolute atomic E-state index is 0. The normalized spacial score (nSPS) is 23.4. The van der Waals surface area contributed by atoms with Crippen molar-refractivity contribution in [3.05, 3.63) is 28.2 Å². The minimum Gasteiger partial charge on any atom is -0.367 e. The Bertz CT molecular complexity index is 643. The number of nitrogens with zero attached hydrogens (tertiary/aromatic N) is 5. The standard InChI is InChI=1S/C12H15N7OS.HI/c1-8-7-21-12(13-8)9-6-18(4-5-20-9)11-3-2-10-14-16-17-19(10)15-11;/h2-3,7,9,16-17H,4-6H2,1H3;1H. The first-order chi connectivity index (χ1) is 10.3. The Kier molecular flexibility index (Phi) is 4.61. The van der Waals surface area contributed by atoms with Gasteiger partial charge < -0.3 is 9.64 Å². The van der Waals surface area contributed by atoms with Crippen LogP contribution in [0.4, 0.5) is 0 Å². The van der Waals surface area contributed by atoms with E-state index in [2.05, 4.69) is 36.5 Å². The molecule has 2 N–H and O–H groups in total. The quantitative estimate of drug-likeness (QED) is 0.643. The molecule has 22 heavy (non-hydrogen) atoms. The summed E-state index contributed by atoms with van der Waals surface area (Å²) in [6.07, 6.45) is 3.90. The zero-order chi connectivity index (χ0) is 14.2. The summed E-state index contributed by atoms with van der Waals surface area (Å²) in [5.41, 5.74) is 6.57. The summed E-state index contributed by atoms with van der Waals surface area (Å²) in [4.78, 5) is 6.73. The van der Waals surface area contributed by atoms with Gasteiger partial charge in [0.15, 0.2) is 11.7 Å². The van der Waals surface area contributed by atoms with E-state index in [0.29, 0.717) is 6.61 Å². The van der Waals surface area contributed by atoms with E-state index in [9.17, 15) is 0 Å². The van der Waals surface area contributed by atoms with Crippen molar-refractivity contribution in [2.24, 2.45) is 10.2 Å². The van der Waals surface area contributed by atoms with Crippen LogP contribution in [0.25, 0.3) is 0 Å². The van der Waals surface area contributed by atoms with Gasteiger partial charge in [-0.3, -0.25) is 0 Å². The van der Waals surface area contributed by atoms with Gasteiger partial charge in [0, 0.05) is 17.6 Å². The molecule has 4 rings (SSSR count). The van der Waals surface area contributed by atoms with Crippen LogP contribution < -0.4 is 11.1 Å². The Hall–Kier alpha value is -1.24. The Morgan fingerprint density at radius 2 is 2.23 bits per heavy atom. The molecule has 1 saturated heterocycles. The monoisotopic (exact) mass is 433 g/mol. The van der Waals surface area contributed by atoms with Crippen LogP contribution in [-0.4, -0.2) is 46.4 Å². The second-order valence-corrected chi connectivity index (χ2v) is 5.82. The average Bonchev–Trinajstić information content (AvgIpc) is 3.15. The molecule has 0 saturated carbocycles. The molecule has 0 aromatic carbocycles. The summed E-state index contributed by atoms with van der Waals surface area (Å²) in [6, 6.07) is 0. The number of halogens is 1. The molecule has 10 heteroatoms. The molecule has 0 bridgehead atoms. The Morgan fingerprint density at radius 1 is 1.36 bits per heavy atom. The molecule has 1 unspecified atom stereocenters. The number of morpholine rings is 1. The lowest BCUT2D eigenvalue weighted by Gasteiger charge is -2.34. The molecule has 0 amide bonds.